The third kappa shape index (κ3) is 3.99. The molecule has 0 unspecified atom stereocenters. The first-order chi connectivity index (χ1) is 13.8. The molecule has 0 saturated carbocycles. The Bertz CT molecular complexity index is 1010. The van der Waals surface area contributed by atoms with Crippen molar-refractivity contribution in [2.45, 2.75) is 25.8 Å². The number of hydrogen-bond donors (Lipinski definition) is 3. The minimum atomic E-state index is -1.43. The van der Waals surface area contributed by atoms with Gasteiger partial charge in [-0.3, -0.25) is 4.79 Å². The molecule has 4 N–H and O–H groups in total. The summed E-state index contributed by atoms with van der Waals surface area (Å²) in [4.78, 5) is 39.2. The topological polar surface area (TPSA) is 152 Å². The SMILES string of the molecule is C[C@@H]1CCN(C(=O)C/C(N)=C(/C#N)C(=O)O)C[C@H]1N(C)c1ncnc2[nH]ccc12. The summed E-state index contributed by atoms with van der Waals surface area (Å²) in [6.45, 7) is 3.13. The summed E-state index contributed by atoms with van der Waals surface area (Å²) >= 11 is 0. The van der Waals surface area contributed by atoms with Gasteiger partial charge in [-0.2, -0.15) is 5.26 Å². The number of carboxylic acids is 1. The van der Waals surface area contributed by atoms with Gasteiger partial charge >= 0.3 is 5.97 Å². The number of likely N-dealkylation sites (tertiary alicyclic amines) is 1. The zero-order valence-electron chi connectivity index (χ0n) is 16.3. The summed E-state index contributed by atoms with van der Waals surface area (Å²) in [5.74, 6) is -0.632. The Morgan fingerprint density at radius 2 is 2.24 bits per heavy atom. The van der Waals surface area contributed by atoms with E-state index in [1.54, 1.807) is 11.1 Å². The second-order valence-electron chi connectivity index (χ2n) is 7.22. The van der Waals surface area contributed by atoms with Gasteiger partial charge in [-0.25, -0.2) is 14.8 Å². The number of carbonyl (C=O) groups excluding carboxylic acids is 1. The smallest absolute Gasteiger partial charge is 0.348 e. The molecule has 0 radical (unpaired) electrons. The summed E-state index contributed by atoms with van der Waals surface area (Å²) in [5.41, 5.74) is 5.63. The number of H-pyrrole nitrogens is 1. The number of aromatic amines is 1. The van der Waals surface area contributed by atoms with Crippen molar-refractivity contribution in [1.82, 2.24) is 19.9 Å². The van der Waals surface area contributed by atoms with Crippen molar-refractivity contribution >= 4 is 28.7 Å². The first-order valence-electron chi connectivity index (χ1n) is 9.24. The lowest BCUT2D eigenvalue weighted by Gasteiger charge is -2.42. The molecule has 2 aromatic rings. The maximum Gasteiger partial charge on any atom is 0.348 e. The fourth-order valence-corrected chi connectivity index (χ4v) is 3.70. The van der Waals surface area contributed by atoms with Crippen LogP contribution in [0.25, 0.3) is 11.0 Å². The summed E-state index contributed by atoms with van der Waals surface area (Å²) in [7, 11) is 1.94. The molecule has 2 aromatic heterocycles. The number of amides is 1. The average Bonchev–Trinajstić information content (AvgIpc) is 3.16. The molecule has 1 amide bonds. The van der Waals surface area contributed by atoms with Crippen molar-refractivity contribution < 1.29 is 14.7 Å². The first-order valence-corrected chi connectivity index (χ1v) is 9.24. The van der Waals surface area contributed by atoms with Gasteiger partial charge in [0.25, 0.3) is 0 Å². The molecule has 29 heavy (non-hydrogen) atoms. The number of piperidine rings is 1. The number of carboxylic acid groups (broad SMARTS) is 1. The molecule has 10 heteroatoms. The number of likely N-dealkylation sites (N-methyl/N-ethyl adjacent to an activating group) is 1. The number of nitrogens with one attached hydrogen (secondary N) is 1. The van der Waals surface area contributed by atoms with E-state index in [0.29, 0.717) is 19.0 Å². The molecule has 0 spiro atoms. The molecule has 1 saturated heterocycles. The van der Waals surface area contributed by atoms with Crippen LogP contribution < -0.4 is 10.6 Å². The highest BCUT2D eigenvalue weighted by Crippen LogP contribution is 2.29. The summed E-state index contributed by atoms with van der Waals surface area (Å²) < 4.78 is 0. The zero-order chi connectivity index (χ0) is 21.1. The Balaban J connectivity index is 1.78. The van der Waals surface area contributed by atoms with Crippen LogP contribution in [-0.4, -0.2) is 63.0 Å². The minimum absolute atomic E-state index is 0.0146. The van der Waals surface area contributed by atoms with Crippen LogP contribution in [0.5, 0.6) is 0 Å². The lowest BCUT2D eigenvalue weighted by molar-refractivity contribution is -0.132. The normalized spacial score (nSPS) is 20.1. The zero-order valence-corrected chi connectivity index (χ0v) is 16.3. The first kappa shape index (κ1) is 20.1. The van der Waals surface area contributed by atoms with E-state index >= 15 is 0 Å². The van der Waals surface area contributed by atoms with Gasteiger partial charge < -0.3 is 25.6 Å². The second-order valence-corrected chi connectivity index (χ2v) is 7.22. The fraction of sp³-hybridized carbons (Fsp3) is 0.421. The molecule has 3 rings (SSSR count). The summed E-state index contributed by atoms with van der Waals surface area (Å²) in [6, 6.07) is 3.47. The van der Waals surface area contributed by atoms with Crippen LogP contribution in [0.15, 0.2) is 29.9 Å². The third-order valence-electron chi connectivity index (χ3n) is 5.42. The Kier molecular flexibility index (Phi) is 5.68. The Labute approximate surface area is 167 Å². The molecule has 10 nitrogen and oxygen atoms in total. The van der Waals surface area contributed by atoms with Crippen LogP contribution in [0.4, 0.5) is 5.82 Å². The third-order valence-corrected chi connectivity index (χ3v) is 5.42. The van der Waals surface area contributed by atoms with E-state index in [-0.39, 0.29) is 24.1 Å². The van der Waals surface area contributed by atoms with Crippen LogP contribution in [0, 0.1) is 17.2 Å². The van der Waals surface area contributed by atoms with Crippen molar-refractivity contribution in [2.75, 3.05) is 25.0 Å². The molecular weight excluding hydrogens is 374 g/mol. The molecule has 3 heterocycles. The lowest BCUT2D eigenvalue weighted by atomic mass is 9.92. The van der Waals surface area contributed by atoms with Crippen LogP contribution in [-0.2, 0) is 9.59 Å². The van der Waals surface area contributed by atoms with Crippen molar-refractivity contribution in [2.24, 2.45) is 11.7 Å². The quantitative estimate of drug-likeness (QED) is 0.496. The van der Waals surface area contributed by atoms with E-state index in [2.05, 4.69) is 26.8 Å². The van der Waals surface area contributed by atoms with Crippen LogP contribution in [0.1, 0.15) is 19.8 Å². The van der Waals surface area contributed by atoms with Crippen molar-refractivity contribution in [3.63, 3.8) is 0 Å². The Hall–Kier alpha value is -3.61. The van der Waals surface area contributed by atoms with Gasteiger partial charge in [-0.05, 0) is 18.4 Å². The predicted molar refractivity (Wildman–Crippen MR) is 106 cm³/mol. The van der Waals surface area contributed by atoms with Gasteiger partial charge in [0.05, 0.1) is 17.8 Å². The summed E-state index contributed by atoms with van der Waals surface area (Å²) in [5, 5.41) is 18.8. The predicted octanol–water partition coefficient (Wildman–Crippen LogP) is 0.842. The number of fused-ring (bicyclic) bond motifs is 1. The number of nitrogens with two attached hydrogens (primary N) is 1. The van der Waals surface area contributed by atoms with Crippen molar-refractivity contribution in [1.29, 1.82) is 5.26 Å². The maximum absolute atomic E-state index is 12.7. The molecule has 1 fully saturated rings. The van der Waals surface area contributed by atoms with Crippen LogP contribution >= 0.6 is 0 Å². The number of aromatic nitrogens is 3. The minimum Gasteiger partial charge on any atom is -0.477 e. The van der Waals surface area contributed by atoms with Gasteiger partial charge in [0.1, 0.15) is 23.9 Å². The summed E-state index contributed by atoms with van der Waals surface area (Å²) in [6.07, 6.45) is 3.80. The molecule has 1 aliphatic heterocycles. The number of nitrogens with zero attached hydrogens (tertiary/aromatic N) is 5. The highest BCUT2D eigenvalue weighted by Gasteiger charge is 2.33. The van der Waals surface area contributed by atoms with E-state index in [4.69, 9.17) is 16.1 Å². The number of nitriles is 1. The average molecular weight is 397 g/mol. The Morgan fingerprint density at radius 1 is 1.48 bits per heavy atom. The van der Waals surface area contributed by atoms with E-state index in [9.17, 15) is 9.59 Å². The van der Waals surface area contributed by atoms with Gasteiger partial charge in [0.2, 0.25) is 5.91 Å². The Morgan fingerprint density at radius 3 is 2.93 bits per heavy atom. The van der Waals surface area contributed by atoms with Gasteiger partial charge in [-0.15, -0.1) is 0 Å². The van der Waals surface area contributed by atoms with Gasteiger partial charge in [-0.1, -0.05) is 6.92 Å². The highest BCUT2D eigenvalue weighted by molar-refractivity contribution is 5.93. The second kappa shape index (κ2) is 8.18. The number of aliphatic carboxylic acids is 1. The number of rotatable bonds is 5. The standard InChI is InChI=1S/C19H23N7O3/c1-11-4-6-26(16(27)7-14(21)13(8-20)19(28)29)9-15(11)25(2)18-12-3-5-22-17(12)23-10-24-18/h3,5,10-11,15H,4,6-7,9,21H2,1-2H3,(H,28,29)(H,22,23,24)/b14-13+/t11-,15-/m1/s1. The maximum atomic E-state index is 12.7. The molecule has 0 aromatic carbocycles. The molecule has 2 atom stereocenters. The lowest BCUT2D eigenvalue weighted by Crippen LogP contribution is -2.53. The van der Waals surface area contributed by atoms with E-state index in [1.807, 2.05) is 13.1 Å². The fourth-order valence-electron chi connectivity index (χ4n) is 3.70. The molecular formula is C19H23N7O3. The van der Waals surface area contributed by atoms with E-state index < -0.39 is 11.5 Å². The molecule has 0 bridgehead atoms. The van der Waals surface area contributed by atoms with E-state index in [0.717, 1.165) is 23.3 Å². The van der Waals surface area contributed by atoms with Gasteiger partial charge in [0.15, 0.2) is 5.57 Å². The number of carbonyl (C=O) groups is 2. The van der Waals surface area contributed by atoms with Crippen LogP contribution in [0.3, 0.4) is 0 Å². The molecule has 0 aliphatic carbocycles. The van der Waals surface area contributed by atoms with E-state index in [1.165, 1.54) is 12.4 Å². The van der Waals surface area contributed by atoms with Crippen molar-refractivity contribution in [3.8, 4) is 6.07 Å². The largest absolute Gasteiger partial charge is 0.477 e. The van der Waals surface area contributed by atoms with Gasteiger partial charge in [0, 0.05) is 32.0 Å². The number of hydrogen-bond acceptors (Lipinski definition) is 7. The van der Waals surface area contributed by atoms with Crippen LogP contribution in [0.2, 0.25) is 0 Å². The monoisotopic (exact) mass is 397 g/mol. The molecule has 1 aliphatic rings. The molecule has 152 valence electrons. The number of anilines is 1. The highest BCUT2D eigenvalue weighted by atomic mass is 16.4. The van der Waals surface area contributed by atoms with Crippen molar-refractivity contribution in [3.05, 3.63) is 29.9 Å².